The lowest BCUT2D eigenvalue weighted by Gasteiger charge is -2.09. The van der Waals surface area contributed by atoms with E-state index in [-0.39, 0.29) is 0 Å². The fraction of sp³-hybridized carbons (Fsp3) is 0.214. The summed E-state index contributed by atoms with van der Waals surface area (Å²) in [7, 11) is 0. The molecule has 0 fully saturated rings. The largest absolute Gasteiger partial charge is 0.355 e. The summed E-state index contributed by atoms with van der Waals surface area (Å²) in [6, 6.07) is 5.56. The Bertz CT molecular complexity index is 564. The van der Waals surface area contributed by atoms with Gasteiger partial charge in [0.15, 0.2) is 0 Å². The number of hydrogen-bond donors (Lipinski definition) is 1. The second kappa shape index (κ2) is 6.64. The Morgan fingerprint density at radius 2 is 2.21 bits per heavy atom. The monoisotopic (exact) mass is 295 g/mol. The van der Waals surface area contributed by atoms with Gasteiger partial charge in [-0.15, -0.1) is 6.58 Å². The summed E-state index contributed by atoms with van der Waals surface area (Å²) >= 11 is 12.0. The number of nitrogens with zero attached hydrogens (tertiary/aromatic N) is 2. The number of nitrogens with one attached hydrogen (secondary N) is 1. The van der Waals surface area contributed by atoms with Crippen LogP contribution in [0.5, 0.6) is 0 Å². The lowest BCUT2D eigenvalue weighted by molar-refractivity contribution is 0.817. The first-order valence-electron chi connectivity index (χ1n) is 6.00. The van der Waals surface area contributed by atoms with Crippen LogP contribution < -0.4 is 5.32 Å². The van der Waals surface area contributed by atoms with E-state index >= 15 is 0 Å². The summed E-state index contributed by atoms with van der Waals surface area (Å²) in [5, 5.41) is 4.63. The van der Waals surface area contributed by atoms with Gasteiger partial charge in [-0.3, -0.25) is 0 Å². The number of benzene rings is 1. The van der Waals surface area contributed by atoms with Gasteiger partial charge in [-0.2, -0.15) is 0 Å². The minimum Gasteiger partial charge on any atom is -0.355 e. The van der Waals surface area contributed by atoms with Gasteiger partial charge in [0.25, 0.3) is 0 Å². The van der Waals surface area contributed by atoms with Crippen LogP contribution in [0.2, 0.25) is 10.0 Å². The molecule has 0 spiro atoms. The molecule has 0 aliphatic carbocycles. The van der Waals surface area contributed by atoms with Crippen LogP contribution in [0.1, 0.15) is 5.56 Å². The van der Waals surface area contributed by atoms with Gasteiger partial charge < -0.3 is 9.88 Å². The maximum absolute atomic E-state index is 6.12. The molecule has 0 bridgehead atoms. The second-order valence-electron chi connectivity index (χ2n) is 4.10. The normalized spacial score (nSPS) is 10.4. The number of allylic oxidation sites excluding steroid dienone is 1. The Morgan fingerprint density at radius 1 is 1.37 bits per heavy atom. The molecule has 19 heavy (non-hydrogen) atoms. The number of aromatic nitrogens is 2. The SMILES string of the molecule is C=CCn1ccnc1NCCc1ccc(Cl)cc1Cl. The molecule has 0 saturated heterocycles. The zero-order chi connectivity index (χ0) is 13.7. The molecule has 0 unspecified atom stereocenters. The Hall–Kier alpha value is -1.45. The maximum Gasteiger partial charge on any atom is 0.203 e. The fourth-order valence-electron chi connectivity index (χ4n) is 1.80. The molecule has 1 aromatic heterocycles. The molecule has 1 N–H and O–H groups in total. The van der Waals surface area contributed by atoms with Crippen LogP contribution in [0.4, 0.5) is 5.95 Å². The molecule has 0 amide bonds. The van der Waals surface area contributed by atoms with Gasteiger partial charge in [0, 0.05) is 35.5 Å². The van der Waals surface area contributed by atoms with Crippen LogP contribution in [0, 0.1) is 0 Å². The van der Waals surface area contributed by atoms with Gasteiger partial charge in [-0.25, -0.2) is 4.98 Å². The van der Waals surface area contributed by atoms with Gasteiger partial charge in [-0.1, -0.05) is 35.3 Å². The predicted octanol–water partition coefficient (Wildman–Crippen LogP) is 4.03. The van der Waals surface area contributed by atoms with Gasteiger partial charge in [0.2, 0.25) is 5.95 Å². The van der Waals surface area contributed by atoms with Crippen LogP contribution >= 0.6 is 23.2 Å². The Morgan fingerprint density at radius 3 is 2.95 bits per heavy atom. The van der Waals surface area contributed by atoms with E-state index in [9.17, 15) is 0 Å². The Balaban J connectivity index is 1.92. The zero-order valence-corrected chi connectivity index (χ0v) is 12.0. The molecule has 0 saturated carbocycles. The summed E-state index contributed by atoms with van der Waals surface area (Å²) in [5.74, 6) is 0.838. The molecule has 100 valence electrons. The van der Waals surface area contributed by atoms with Crippen molar-refractivity contribution >= 4 is 29.2 Å². The number of imidazole rings is 1. The van der Waals surface area contributed by atoms with Gasteiger partial charge in [0.1, 0.15) is 0 Å². The van der Waals surface area contributed by atoms with Crippen molar-refractivity contribution in [1.29, 1.82) is 0 Å². The average molecular weight is 296 g/mol. The van der Waals surface area contributed by atoms with E-state index < -0.39 is 0 Å². The Kier molecular flexibility index (Phi) is 4.88. The summed E-state index contributed by atoms with van der Waals surface area (Å²) < 4.78 is 2.00. The summed E-state index contributed by atoms with van der Waals surface area (Å²) in [4.78, 5) is 4.25. The fourth-order valence-corrected chi connectivity index (χ4v) is 2.30. The van der Waals surface area contributed by atoms with E-state index in [1.54, 1.807) is 12.3 Å². The minimum atomic E-state index is 0.656. The van der Waals surface area contributed by atoms with Crippen molar-refractivity contribution in [2.75, 3.05) is 11.9 Å². The smallest absolute Gasteiger partial charge is 0.203 e. The van der Waals surface area contributed by atoms with Crippen molar-refractivity contribution in [3.05, 3.63) is 58.9 Å². The highest BCUT2D eigenvalue weighted by Crippen LogP contribution is 2.21. The molecular weight excluding hydrogens is 281 g/mol. The molecule has 0 aliphatic rings. The highest BCUT2D eigenvalue weighted by atomic mass is 35.5. The molecule has 0 atom stereocenters. The lowest BCUT2D eigenvalue weighted by Crippen LogP contribution is -2.10. The second-order valence-corrected chi connectivity index (χ2v) is 4.95. The Labute approximate surface area is 122 Å². The maximum atomic E-state index is 6.12. The van der Waals surface area contributed by atoms with Crippen LogP contribution in [-0.2, 0) is 13.0 Å². The number of hydrogen-bond acceptors (Lipinski definition) is 2. The number of rotatable bonds is 6. The first-order valence-corrected chi connectivity index (χ1v) is 6.76. The quantitative estimate of drug-likeness (QED) is 0.816. The van der Waals surface area contributed by atoms with Gasteiger partial charge in [-0.05, 0) is 24.1 Å². The zero-order valence-electron chi connectivity index (χ0n) is 10.4. The van der Waals surface area contributed by atoms with Gasteiger partial charge in [0.05, 0.1) is 0 Å². The van der Waals surface area contributed by atoms with Crippen molar-refractivity contribution < 1.29 is 0 Å². The van der Waals surface area contributed by atoms with E-state index in [1.165, 1.54) is 0 Å². The summed E-state index contributed by atoms with van der Waals surface area (Å²) in [6.45, 7) is 5.22. The third kappa shape index (κ3) is 3.75. The molecule has 3 nitrogen and oxygen atoms in total. The molecule has 2 aromatic rings. The highest BCUT2D eigenvalue weighted by Gasteiger charge is 2.03. The minimum absolute atomic E-state index is 0.656. The van der Waals surface area contributed by atoms with E-state index in [4.69, 9.17) is 23.2 Å². The van der Waals surface area contributed by atoms with Crippen LogP contribution in [0.15, 0.2) is 43.2 Å². The number of halogens is 2. The molecule has 2 rings (SSSR count). The summed E-state index contributed by atoms with van der Waals surface area (Å²) in [5.41, 5.74) is 1.07. The third-order valence-corrected chi connectivity index (χ3v) is 3.32. The standard InChI is InChI=1S/C14H15Cl2N3/c1-2-8-19-9-7-18-14(19)17-6-5-11-3-4-12(15)10-13(11)16/h2-4,7,9-10H,1,5-6,8H2,(H,17,18). The van der Waals surface area contributed by atoms with E-state index in [2.05, 4.69) is 16.9 Å². The van der Waals surface area contributed by atoms with Crippen molar-refractivity contribution in [3.8, 4) is 0 Å². The summed E-state index contributed by atoms with van der Waals surface area (Å²) in [6.07, 6.45) is 6.33. The molecule has 5 heteroatoms. The van der Waals surface area contributed by atoms with E-state index in [1.807, 2.05) is 29.0 Å². The molecule has 1 aromatic carbocycles. The van der Waals surface area contributed by atoms with Crippen molar-refractivity contribution in [2.24, 2.45) is 0 Å². The molecular formula is C14H15Cl2N3. The number of anilines is 1. The first-order chi connectivity index (χ1) is 9.20. The van der Waals surface area contributed by atoms with Crippen LogP contribution in [0.25, 0.3) is 0 Å². The van der Waals surface area contributed by atoms with Crippen molar-refractivity contribution in [2.45, 2.75) is 13.0 Å². The van der Waals surface area contributed by atoms with Gasteiger partial charge >= 0.3 is 0 Å². The average Bonchev–Trinajstić information content (AvgIpc) is 2.80. The molecule has 0 radical (unpaired) electrons. The van der Waals surface area contributed by atoms with Crippen molar-refractivity contribution in [1.82, 2.24) is 9.55 Å². The van der Waals surface area contributed by atoms with E-state index in [0.29, 0.717) is 10.0 Å². The topological polar surface area (TPSA) is 29.9 Å². The first kappa shape index (κ1) is 14.0. The van der Waals surface area contributed by atoms with Crippen LogP contribution in [-0.4, -0.2) is 16.1 Å². The van der Waals surface area contributed by atoms with Crippen molar-refractivity contribution in [3.63, 3.8) is 0 Å². The highest BCUT2D eigenvalue weighted by molar-refractivity contribution is 6.35. The van der Waals surface area contributed by atoms with E-state index in [0.717, 1.165) is 31.0 Å². The lowest BCUT2D eigenvalue weighted by atomic mass is 10.1. The van der Waals surface area contributed by atoms with Crippen LogP contribution in [0.3, 0.4) is 0 Å². The molecule has 1 heterocycles. The predicted molar refractivity (Wildman–Crippen MR) is 81.1 cm³/mol. The third-order valence-electron chi connectivity index (χ3n) is 2.73. The molecule has 0 aliphatic heterocycles.